The Morgan fingerprint density at radius 2 is 1.68 bits per heavy atom. The summed E-state index contributed by atoms with van der Waals surface area (Å²) in [6, 6.07) is 10.0. The number of aliphatic hydroxyl groups is 1. The van der Waals surface area contributed by atoms with Gasteiger partial charge in [0.25, 0.3) is 0 Å². The molecule has 0 aliphatic heterocycles. The van der Waals surface area contributed by atoms with Gasteiger partial charge in [0.2, 0.25) is 10.0 Å². The second-order valence-electron chi connectivity index (χ2n) is 5.99. The van der Waals surface area contributed by atoms with E-state index in [1.807, 2.05) is 13.8 Å². The van der Waals surface area contributed by atoms with Crippen molar-refractivity contribution >= 4 is 10.0 Å². The molecule has 25 heavy (non-hydrogen) atoms. The SMILES string of the molecule is C=CCN(Cc1cc(C)cc(CO)c1O)S(=O)(=O)c1ccc(C)cc1. The molecule has 0 aliphatic rings. The smallest absolute Gasteiger partial charge is 0.243 e. The topological polar surface area (TPSA) is 77.8 Å². The summed E-state index contributed by atoms with van der Waals surface area (Å²) in [6.45, 7) is 7.13. The van der Waals surface area contributed by atoms with Crippen LogP contribution >= 0.6 is 0 Å². The van der Waals surface area contributed by atoms with Crippen molar-refractivity contribution in [2.45, 2.75) is 31.9 Å². The van der Waals surface area contributed by atoms with E-state index >= 15 is 0 Å². The van der Waals surface area contributed by atoms with Crippen LogP contribution in [0.4, 0.5) is 0 Å². The Morgan fingerprint density at radius 1 is 1.08 bits per heavy atom. The summed E-state index contributed by atoms with van der Waals surface area (Å²) >= 11 is 0. The largest absolute Gasteiger partial charge is 0.507 e. The van der Waals surface area contributed by atoms with Crippen molar-refractivity contribution in [3.63, 3.8) is 0 Å². The van der Waals surface area contributed by atoms with Crippen LogP contribution < -0.4 is 0 Å². The molecule has 0 aromatic heterocycles. The van der Waals surface area contributed by atoms with Crippen LogP contribution in [0.25, 0.3) is 0 Å². The maximum atomic E-state index is 12.9. The van der Waals surface area contributed by atoms with Gasteiger partial charge >= 0.3 is 0 Å². The van der Waals surface area contributed by atoms with Crippen molar-refractivity contribution in [1.82, 2.24) is 4.31 Å². The van der Waals surface area contributed by atoms with Gasteiger partial charge in [-0.05, 0) is 26.0 Å². The molecule has 2 rings (SSSR count). The van der Waals surface area contributed by atoms with Gasteiger partial charge in [0.1, 0.15) is 5.75 Å². The van der Waals surface area contributed by atoms with Crippen LogP contribution in [0, 0.1) is 13.8 Å². The molecule has 134 valence electrons. The van der Waals surface area contributed by atoms with E-state index in [0.717, 1.165) is 11.1 Å². The molecule has 5 nitrogen and oxygen atoms in total. The number of aromatic hydroxyl groups is 1. The van der Waals surface area contributed by atoms with E-state index in [1.54, 1.807) is 36.4 Å². The molecule has 0 spiro atoms. The lowest BCUT2D eigenvalue weighted by atomic mass is 10.0. The summed E-state index contributed by atoms with van der Waals surface area (Å²) in [5.74, 6) is -0.0822. The normalized spacial score (nSPS) is 11.7. The number of phenols is 1. The number of hydrogen-bond donors (Lipinski definition) is 2. The summed E-state index contributed by atoms with van der Waals surface area (Å²) in [7, 11) is -3.74. The van der Waals surface area contributed by atoms with E-state index in [0.29, 0.717) is 11.1 Å². The molecule has 0 saturated heterocycles. The molecular weight excluding hydrogens is 338 g/mol. The maximum Gasteiger partial charge on any atom is 0.243 e. The van der Waals surface area contributed by atoms with Gasteiger partial charge in [-0.1, -0.05) is 41.5 Å². The van der Waals surface area contributed by atoms with Crippen LogP contribution in [-0.2, 0) is 23.2 Å². The number of aliphatic hydroxyl groups excluding tert-OH is 1. The molecule has 0 heterocycles. The third-order valence-corrected chi connectivity index (χ3v) is 5.75. The summed E-state index contributed by atoms with van der Waals surface area (Å²) in [5, 5.41) is 19.7. The fourth-order valence-electron chi connectivity index (χ4n) is 2.62. The zero-order valence-corrected chi connectivity index (χ0v) is 15.3. The maximum absolute atomic E-state index is 12.9. The highest BCUT2D eigenvalue weighted by atomic mass is 32.2. The summed E-state index contributed by atoms with van der Waals surface area (Å²) in [6.07, 6.45) is 1.51. The highest BCUT2D eigenvalue weighted by molar-refractivity contribution is 7.89. The molecular formula is C19H23NO4S. The molecule has 0 atom stereocenters. The Hall–Kier alpha value is -2.15. The zero-order valence-electron chi connectivity index (χ0n) is 14.4. The van der Waals surface area contributed by atoms with E-state index in [1.165, 1.54) is 10.4 Å². The Labute approximate surface area is 148 Å². The Kier molecular flexibility index (Phi) is 6.00. The zero-order chi connectivity index (χ0) is 18.6. The molecule has 0 unspecified atom stereocenters. The molecule has 0 fully saturated rings. The van der Waals surface area contributed by atoms with E-state index < -0.39 is 10.0 Å². The second kappa shape index (κ2) is 7.82. The fourth-order valence-corrected chi connectivity index (χ4v) is 4.01. The summed E-state index contributed by atoms with van der Waals surface area (Å²) in [4.78, 5) is 0.189. The van der Waals surface area contributed by atoms with Crippen LogP contribution in [0.1, 0.15) is 22.3 Å². The third kappa shape index (κ3) is 4.28. The first kappa shape index (κ1) is 19.2. The fraction of sp³-hybridized carbons (Fsp3) is 0.263. The van der Waals surface area contributed by atoms with Gasteiger partial charge in [0.15, 0.2) is 0 Å². The number of aryl methyl sites for hydroxylation is 2. The molecule has 2 N–H and O–H groups in total. The second-order valence-corrected chi connectivity index (χ2v) is 7.93. The van der Waals surface area contributed by atoms with E-state index in [9.17, 15) is 18.6 Å². The standard InChI is InChI=1S/C19H23NO4S/c1-4-9-20(25(23,24)18-7-5-14(2)6-8-18)12-16-10-15(3)11-17(13-21)19(16)22/h4-8,10-11,21-22H,1,9,12-13H2,2-3H3. The van der Waals surface area contributed by atoms with Crippen LogP contribution in [0.2, 0.25) is 0 Å². The lowest BCUT2D eigenvalue weighted by Gasteiger charge is -2.22. The van der Waals surface area contributed by atoms with E-state index in [4.69, 9.17) is 0 Å². The van der Waals surface area contributed by atoms with Gasteiger partial charge in [-0.15, -0.1) is 6.58 Å². The number of nitrogens with zero attached hydrogens (tertiary/aromatic N) is 1. The molecule has 0 bridgehead atoms. The van der Waals surface area contributed by atoms with Gasteiger partial charge < -0.3 is 10.2 Å². The van der Waals surface area contributed by atoms with Gasteiger partial charge in [0, 0.05) is 24.2 Å². The minimum absolute atomic E-state index is 0.0112. The molecule has 0 amide bonds. The van der Waals surface area contributed by atoms with Crippen molar-refractivity contribution in [2.75, 3.05) is 6.54 Å². The van der Waals surface area contributed by atoms with Crippen LogP contribution in [0.15, 0.2) is 53.9 Å². The summed E-state index contributed by atoms with van der Waals surface area (Å²) in [5.41, 5.74) is 2.63. The van der Waals surface area contributed by atoms with Gasteiger partial charge in [-0.3, -0.25) is 0 Å². The van der Waals surface area contributed by atoms with Crippen LogP contribution in [0.3, 0.4) is 0 Å². The van der Waals surface area contributed by atoms with Crippen molar-refractivity contribution in [2.24, 2.45) is 0 Å². The van der Waals surface area contributed by atoms with Crippen molar-refractivity contribution in [3.8, 4) is 5.75 Å². The molecule has 0 saturated carbocycles. The first-order valence-corrected chi connectivity index (χ1v) is 9.33. The Morgan fingerprint density at radius 3 is 2.24 bits per heavy atom. The van der Waals surface area contributed by atoms with E-state index in [-0.39, 0.29) is 30.3 Å². The lowest BCUT2D eigenvalue weighted by Crippen LogP contribution is -2.31. The minimum atomic E-state index is -3.74. The highest BCUT2D eigenvalue weighted by Gasteiger charge is 2.25. The average Bonchev–Trinajstić information content (AvgIpc) is 2.57. The number of sulfonamides is 1. The van der Waals surface area contributed by atoms with Crippen molar-refractivity contribution in [3.05, 3.63) is 71.3 Å². The predicted octanol–water partition coefficient (Wildman–Crippen LogP) is 2.88. The molecule has 2 aromatic rings. The van der Waals surface area contributed by atoms with Gasteiger partial charge in [-0.25, -0.2) is 8.42 Å². The number of benzene rings is 2. The van der Waals surface area contributed by atoms with Crippen LogP contribution in [-0.4, -0.2) is 29.5 Å². The molecule has 2 aromatic carbocycles. The average molecular weight is 361 g/mol. The summed E-state index contributed by atoms with van der Waals surface area (Å²) < 4.78 is 27.1. The third-order valence-electron chi connectivity index (χ3n) is 3.92. The lowest BCUT2D eigenvalue weighted by molar-refractivity contribution is 0.274. The Balaban J connectivity index is 2.44. The predicted molar refractivity (Wildman–Crippen MR) is 97.7 cm³/mol. The molecule has 0 aliphatic carbocycles. The quantitative estimate of drug-likeness (QED) is 0.744. The molecule has 6 heteroatoms. The molecule has 0 radical (unpaired) electrons. The van der Waals surface area contributed by atoms with Crippen molar-refractivity contribution in [1.29, 1.82) is 0 Å². The number of rotatable bonds is 7. The van der Waals surface area contributed by atoms with Gasteiger partial charge in [-0.2, -0.15) is 4.31 Å². The first-order valence-electron chi connectivity index (χ1n) is 7.89. The number of hydrogen-bond acceptors (Lipinski definition) is 4. The van der Waals surface area contributed by atoms with Crippen molar-refractivity contribution < 1.29 is 18.6 Å². The minimum Gasteiger partial charge on any atom is -0.507 e. The monoisotopic (exact) mass is 361 g/mol. The van der Waals surface area contributed by atoms with Gasteiger partial charge in [0.05, 0.1) is 11.5 Å². The first-order chi connectivity index (χ1) is 11.8. The highest BCUT2D eigenvalue weighted by Crippen LogP contribution is 2.28. The van der Waals surface area contributed by atoms with Crippen LogP contribution in [0.5, 0.6) is 5.75 Å². The van der Waals surface area contributed by atoms with E-state index in [2.05, 4.69) is 6.58 Å². The Bertz CT molecular complexity index is 858.